The second-order valence-corrected chi connectivity index (χ2v) is 2.70. The molecule has 0 aromatic heterocycles. The molecule has 0 N–H and O–H groups in total. The molecule has 0 amide bonds. The van der Waals surface area contributed by atoms with Crippen molar-refractivity contribution in [2.45, 2.75) is 20.8 Å². The molecule has 0 heterocycles. The highest BCUT2D eigenvalue weighted by molar-refractivity contribution is 9.11. The van der Waals surface area contributed by atoms with Gasteiger partial charge in [-0.3, -0.25) is 0 Å². The van der Waals surface area contributed by atoms with Gasteiger partial charge in [0, 0.05) is 4.48 Å². The van der Waals surface area contributed by atoms with Crippen LogP contribution < -0.4 is 0 Å². The minimum Gasteiger partial charge on any atom is -0.207 e. The molecule has 0 rings (SSSR count). The first-order valence-electron chi connectivity index (χ1n) is 3.41. The van der Waals surface area contributed by atoms with Gasteiger partial charge in [0.25, 0.3) is 0 Å². The Bertz CT molecular complexity index is 168. The van der Waals surface area contributed by atoms with Gasteiger partial charge in [0.15, 0.2) is 0 Å². The van der Waals surface area contributed by atoms with Crippen LogP contribution >= 0.6 is 15.9 Å². The molecule has 0 unspecified atom stereocenters. The van der Waals surface area contributed by atoms with Crippen molar-refractivity contribution in [3.63, 3.8) is 0 Å². The maximum Gasteiger partial charge on any atom is 0.118 e. The van der Waals surface area contributed by atoms with Crippen LogP contribution in [0.4, 0.5) is 4.39 Å². The summed E-state index contributed by atoms with van der Waals surface area (Å²) in [6.45, 7) is 12.3. The highest BCUT2D eigenvalue weighted by Crippen LogP contribution is 2.12. The van der Waals surface area contributed by atoms with E-state index < -0.39 is 5.83 Å². The van der Waals surface area contributed by atoms with Gasteiger partial charge in [-0.1, -0.05) is 42.9 Å². The highest BCUT2D eigenvalue weighted by Gasteiger charge is 1.91. The van der Waals surface area contributed by atoms with Crippen molar-refractivity contribution in [3.8, 4) is 0 Å². The molecule has 0 aliphatic carbocycles. The van der Waals surface area contributed by atoms with Gasteiger partial charge in [-0.2, -0.15) is 0 Å². The van der Waals surface area contributed by atoms with E-state index in [2.05, 4.69) is 29.1 Å². The van der Waals surface area contributed by atoms with Crippen molar-refractivity contribution in [1.82, 2.24) is 0 Å². The Labute approximate surface area is 76.6 Å². The monoisotopic (exact) mass is 220 g/mol. The minimum atomic E-state index is -0.421. The summed E-state index contributed by atoms with van der Waals surface area (Å²) in [4.78, 5) is 0. The van der Waals surface area contributed by atoms with Gasteiger partial charge in [-0.25, -0.2) is 4.39 Å². The van der Waals surface area contributed by atoms with E-state index in [4.69, 9.17) is 0 Å². The first-order chi connectivity index (χ1) is 5.04. The van der Waals surface area contributed by atoms with Crippen LogP contribution in [0.3, 0.4) is 0 Å². The summed E-state index contributed by atoms with van der Waals surface area (Å²) in [5.41, 5.74) is 0.497. The quantitative estimate of drug-likeness (QED) is 0.608. The van der Waals surface area contributed by atoms with E-state index in [0.29, 0.717) is 10.1 Å². The predicted octanol–water partition coefficient (Wildman–Crippen LogP) is 4.35. The number of rotatable bonds is 2. The topological polar surface area (TPSA) is 0 Å². The fourth-order valence-electron chi connectivity index (χ4n) is 0.313. The van der Waals surface area contributed by atoms with Crippen molar-refractivity contribution in [3.05, 3.63) is 35.1 Å². The second-order valence-electron chi connectivity index (χ2n) is 1.68. The maximum absolute atomic E-state index is 12.1. The molecule has 0 saturated heterocycles. The van der Waals surface area contributed by atoms with Crippen molar-refractivity contribution in [2.24, 2.45) is 0 Å². The molecule has 0 aliphatic heterocycles. The normalized spacial score (nSPS) is 9.73. The van der Waals surface area contributed by atoms with Crippen LogP contribution in [0.1, 0.15) is 20.8 Å². The zero-order chi connectivity index (χ0) is 9.44. The predicted molar refractivity (Wildman–Crippen MR) is 53.4 cm³/mol. The Hall–Kier alpha value is -0.370. The Morgan fingerprint density at radius 2 is 1.73 bits per heavy atom. The number of hydrogen-bond acceptors (Lipinski definition) is 0. The highest BCUT2D eigenvalue weighted by atomic mass is 79.9. The molecule has 0 saturated carbocycles. The molecule has 0 spiro atoms. The summed E-state index contributed by atoms with van der Waals surface area (Å²) in [7, 11) is 0. The summed E-state index contributed by atoms with van der Waals surface area (Å²) < 4.78 is 12.8. The van der Waals surface area contributed by atoms with Gasteiger partial charge >= 0.3 is 0 Å². The van der Waals surface area contributed by atoms with Gasteiger partial charge in [0.2, 0.25) is 0 Å². The molecule has 0 nitrogen and oxygen atoms in total. The molecule has 0 aliphatic rings. The molecule has 0 bridgehead atoms. The van der Waals surface area contributed by atoms with Crippen LogP contribution in [0.25, 0.3) is 0 Å². The number of allylic oxidation sites excluding steroid dienone is 4. The van der Waals surface area contributed by atoms with Crippen molar-refractivity contribution < 1.29 is 4.39 Å². The first kappa shape index (κ1) is 13.2. The summed E-state index contributed by atoms with van der Waals surface area (Å²) in [5, 5.41) is 0. The molecule has 0 atom stereocenters. The maximum atomic E-state index is 12.1. The van der Waals surface area contributed by atoms with Crippen LogP contribution in [-0.4, -0.2) is 0 Å². The fourth-order valence-corrected chi connectivity index (χ4v) is 0.657. The van der Waals surface area contributed by atoms with E-state index >= 15 is 0 Å². The van der Waals surface area contributed by atoms with Crippen LogP contribution in [0, 0.1) is 0 Å². The summed E-state index contributed by atoms with van der Waals surface area (Å²) in [5.74, 6) is -0.421. The molecule has 0 radical (unpaired) electrons. The van der Waals surface area contributed by atoms with E-state index in [1.807, 2.05) is 13.8 Å². The fraction of sp³-hybridized carbons (Fsp3) is 0.333. The molecule has 0 fully saturated rings. The van der Waals surface area contributed by atoms with E-state index in [1.54, 1.807) is 13.0 Å². The van der Waals surface area contributed by atoms with E-state index in [-0.39, 0.29) is 0 Å². The third-order valence-electron chi connectivity index (χ3n) is 0.801. The lowest BCUT2D eigenvalue weighted by atomic mass is 10.2. The minimum absolute atomic E-state index is 0.421. The molecule has 64 valence electrons. The van der Waals surface area contributed by atoms with Crippen LogP contribution in [-0.2, 0) is 0 Å². The summed E-state index contributed by atoms with van der Waals surface area (Å²) >= 11 is 3.06. The van der Waals surface area contributed by atoms with Gasteiger partial charge < -0.3 is 0 Å². The lowest BCUT2D eigenvalue weighted by Crippen LogP contribution is -1.72. The zero-order valence-corrected chi connectivity index (χ0v) is 8.83. The molecule has 11 heavy (non-hydrogen) atoms. The Morgan fingerprint density at radius 1 is 1.36 bits per heavy atom. The first-order valence-corrected chi connectivity index (χ1v) is 4.21. The SMILES string of the molecule is C=C(Br)/C=C(/C)C(=C)F.CC. The largest absolute Gasteiger partial charge is 0.207 e. The number of hydrogen-bond donors (Lipinski definition) is 0. The Kier molecular flexibility index (Phi) is 9.31. The summed E-state index contributed by atoms with van der Waals surface area (Å²) in [6, 6.07) is 0. The van der Waals surface area contributed by atoms with Crippen molar-refractivity contribution >= 4 is 15.9 Å². The van der Waals surface area contributed by atoms with Crippen LogP contribution in [0.5, 0.6) is 0 Å². The zero-order valence-electron chi connectivity index (χ0n) is 7.25. The molecule has 2 heteroatoms. The average Bonchev–Trinajstić information content (AvgIpc) is 1.90. The molecule has 0 aromatic rings. The lowest BCUT2D eigenvalue weighted by Gasteiger charge is -1.91. The van der Waals surface area contributed by atoms with Gasteiger partial charge in [-0.15, -0.1) is 0 Å². The van der Waals surface area contributed by atoms with E-state index in [0.717, 1.165) is 0 Å². The van der Waals surface area contributed by atoms with Gasteiger partial charge in [-0.05, 0) is 18.6 Å². The molecular formula is C9H14BrF. The average molecular weight is 221 g/mol. The van der Waals surface area contributed by atoms with Crippen molar-refractivity contribution in [2.75, 3.05) is 0 Å². The molecule has 0 aromatic carbocycles. The van der Waals surface area contributed by atoms with Gasteiger partial charge in [0.1, 0.15) is 5.83 Å². The Morgan fingerprint density at radius 3 is 1.82 bits per heavy atom. The Balaban J connectivity index is 0. The van der Waals surface area contributed by atoms with Crippen LogP contribution in [0.15, 0.2) is 35.1 Å². The van der Waals surface area contributed by atoms with Crippen LogP contribution in [0.2, 0.25) is 0 Å². The number of halogens is 2. The van der Waals surface area contributed by atoms with Crippen molar-refractivity contribution in [1.29, 1.82) is 0 Å². The molecular weight excluding hydrogens is 207 g/mol. The smallest absolute Gasteiger partial charge is 0.118 e. The van der Waals surface area contributed by atoms with E-state index in [9.17, 15) is 4.39 Å². The third-order valence-corrected chi connectivity index (χ3v) is 1.03. The standard InChI is InChI=1S/C7H8BrF.C2H6/c1-5(7(3)9)4-6(2)8;1-2/h4H,2-3H2,1H3;1-2H3/b5-4-;. The second kappa shape index (κ2) is 7.73. The van der Waals surface area contributed by atoms with E-state index in [1.165, 1.54) is 0 Å². The summed E-state index contributed by atoms with van der Waals surface area (Å²) in [6.07, 6.45) is 1.57. The van der Waals surface area contributed by atoms with Gasteiger partial charge in [0.05, 0.1) is 0 Å². The third kappa shape index (κ3) is 9.63. The lowest BCUT2D eigenvalue weighted by molar-refractivity contribution is 0.656.